The van der Waals surface area contributed by atoms with Gasteiger partial charge in [-0.15, -0.1) is 0 Å². The van der Waals surface area contributed by atoms with Crippen LogP contribution in [0.5, 0.6) is 0 Å². The first-order chi connectivity index (χ1) is 10.9. The molecular formula is C22H18. The highest BCUT2D eigenvalue weighted by Crippen LogP contribution is 2.27. The van der Waals surface area contributed by atoms with E-state index in [-0.39, 0.29) is 0 Å². The van der Waals surface area contributed by atoms with E-state index in [1.807, 2.05) is 24.3 Å². The van der Waals surface area contributed by atoms with Gasteiger partial charge in [0, 0.05) is 0 Å². The fourth-order valence-electron chi connectivity index (χ4n) is 2.55. The van der Waals surface area contributed by atoms with Crippen LogP contribution in [0.15, 0.2) is 91.5 Å². The smallest absolute Gasteiger partial charge is 0.0105 e. The van der Waals surface area contributed by atoms with E-state index in [9.17, 15) is 0 Å². The minimum Gasteiger partial charge on any atom is -0.0984 e. The lowest BCUT2D eigenvalue weighted by Crippen LogP contribution is -1.89. The van der Waals surface area contributed by atoms with Gasteiger partial charge in [-0.2, -0.15) is 0 Å². The molecule has 0 N–H and O–H groups in total. The number of benzene rings is 3. The van der Waals surface area contributed by atoms with Gasteiger partial charge < -0.3 is 0 Å². The summed E-state index contributed by atoms with van der Waals surface area (Å²) in [4.78, 5) is 0. The minimum absolute atomic E-state index is 1.15. The molecule has 3 aromatic carbocycles. The van der Waals surface area contributed by atoms with Crippen LogP contribution in [0.2, 0.25) is 0 Å². The van der Waals surface area contributed by atoms with Gasteiger partial charge in [0.2, 0.25) is 0 Å². The Kier molecular flexibility index (Phi) is 4.31. The molecule has 0 amide bonds. The number of hydrogen-bond donors (Lipinski definition) is 0. The molecular weight excluding hydrogens is 264 g/mol. The number of rotatable bonds is 4. The Bertz CT molecular complexity index is 739. The van der Waals surface area contributed by atoms with Crippen LogP contribution in [0, 0.1) is 0 Å². The normalized spacial score (nSPS) is 10.0. The van der Waals surface area contributed by atoms with Crippen LogP contribution in [0.25, 0.3) is 17.7 Å². The highest BCUT2D eigenvalue weighted by atomic mass is 14.1. The standard InChI is InChI=1S/C22H18/c1-2-18-11-9-10-16-21(18)17-22(19-12-5-3-6-13-19)20-14-7-4-8-15-20/h2-17H,1H2. The van der Waals surface area contributed by atoms with Crippen molar-refractivity contribution in [2.45, 2.75) is 0 Å². The summed E-state index contributed by atoms with van der Waals surface area (Å²) in [7, 11) is 0. The van der Waals surface area contributed by atoms with E-state index in [1.54, 1.807) is 0 Å². The lowest BCUT2D eigenvalue weighted by atomic mass is 9.94. The molecule has 0 aliphatic carbocycles. The largest absolute Gasteiger partial charge is 0.0984 e. The zero-order chi connectivity index (χ0) is 15.2. The van der Waals surface area contributed by atoms with Gasteiger partial charge in [0.05, 0.1) is 0 Å². The van der Waals surface area contributed by atoms with Gasteiger partial charge in [0.25, 0.3) is 0 Å². The van der Waals surface area contributed by atoms with Crippen molar-refractivity contribution in [3.63, 3.8) is 0 Å². The van der Waals surface area contributed by atoms with Gasteiger partial charge in [-0.05, 0) is 33.9 Å². The van der Waals surface area contributed by atoms with E-state index < -0.39 is 0 Å². The molecule has 0 nitrogen and oxygen atoms in total. The maximum Gasteiger partial charge on any atom is -0.0105 e. The highest BCUT2D eigenvalue weighted by Gasteiger charge is 2.05. The molecule has 22 heavy (non-hydrogen) atoms. The van der Waals surface area contributed by atoms with Crippen molar-refractivity contribution < 1.29 is 0 Å². The zero-order valence-corrected chi connectivity index (χ0v) is 12.4. The molecule has 0 aliphatic rings. The second-order valence-electron chi connectivity index (χ2n) is 5.12. The third-order valence-corrected chi connectivity index (χ3v) is 3.69. The molecule has 0 aliphatic heterocycles. The van der Waals surface area contributed by atoms with Crippen LogP contribution < -0.4 is 0 Å². The second kappa shape index (κ2) is 6.73. The van der Waals surface area contributed by atoms with Gasteiger partial charge in [0.15, 0.2) is 0 Å². The summed E-state index contributed by atoms with van der Waals surface area (Å²) in [5, 5.41) is 0. The molecule has 0 spiro atoms. The Morgan fingerprint density at radius 2 is 1.05 bits per heavy atom. The Morgan fingerprint density at radius 3 is 1.55 bits per heavy atom. The molecule has 3 aromatic rings. The maximum atomic E-state index is 3.92. The average molecular weight is 282 g/mol. The third kappa shape index (κ3) is 3.07. The van der Waals surface area contributed by atoms with Gasteiger partial charge in [-0.1, -0.05) is 97.6 Å². The van der Waals surface area contributed by atoms with Gasteiger partial charge in [-0.3, -0.25) is 0 Å². The van der Waals surface area contributed by atoms with Crippen LogP contribution in [-0.2, 0) is 0 Å². The molecule has 0 unspecified atom stereocenters. The zero-order valence-electron chi connectivity index (χ0n) is 12.4. The molecule has 0 heterocycles. The van der Waals surface area contributed by atoms with Crippen LogP contribution in [-0.4, -0.2) is 0 Å². The minimum atomic E-state index is 1.15. The molecule has 0 radical (unpaired) electrons. The first kappa shape index (κ1) is 14.1. The van der Waals surface area contributed by atoms with Crippen molar-refractivity contribution in [3.05, 3.63) is 114 Å². The summed E-state index contributed by atoms with van der Waals surface area (Å²) < 4.78 is 0. The van der Waals surface area contributed by atoms with Gasteiger partial charge >= 0.3 is 0 Å². The highest BCUT2D eigenvalue weighted by molar-refractivity contribution is 5.92. The van der Waals surface area contributed by atoms with Crippen molar-refractivity contribution in [2.24, 2.45) is 0 Å². The monoisotopic (exact) mass is 282 g/mol. The third-order valence-electron chi connectivity index (χ3n) is 3.69. The molecule has 0 aromatic heterocycles. The summed E-state index contributed by atoms with van der Waals surface area (Å²) in [5.41, 5.74) is 5.97. The molecule has 3 rings (SSSR count). The Balaban J connectivity index is 2.18. The van der Waals surface area contributed by atoms with Crippen molar-refractivity contribution >= 4 is 17.7 Å². The lowest BCUT2D eigenvalue weighted by Gasteiger charge is -2.10. The molecule has 0 atom stereocenters. The first-order valence-corrected chi connectivity index (χ1v) is 7.42. The second-order valence-corrected chi connectivity index (χ2v) is 5.12. The summed E-state index contributed by atoms with van der Waals surface area (Å²) >= 11 is 0. The SMILES string of the molecule is C=Cc1ccccc1C=C(c1ccccc1)c1ccccc1. The van der Waals surface area contributed by atoms with E-state index in [0.29, 0.717) is 0 Å². The van der Waals surface area contributed by atoms with E-state index in [2.05, 4.69) is 79.4 Å². The average Bonchev–Trinajstić information content (AvgIpc) is 2.61. The quantitative estimate of drug-likeness (QED) is 0.521. The summed E-state index contributed by atoms with van der Waals surface area (Å²) in [6.07, 6.45) is 4.14. The van der Waals surface area contributed by atoms with E-state index >= 15 is 0 Å². The summed E-state index contributed by atoms with van der Waals surface area (Å²) in [6, 6.07) is 29.3. The first-order valence-electron chi connectivity index (χ1n) is 7.42. The Hall–Kier alpha value is -2.86. The van der Waals surface area contributed by atoms with Crippen LogP contribution in [0.1, 0.15) is 22.3 Å². The summed E-state index contributed by atoms with van der Waals surface area (Å²) in [5.74, 6) is 0. The van der Waals surface area contributed by atoms with Crippen molar-refractivity contribution in [1.82, 2.24) is 0 Å². The molecule has 0 fully saturated rings. The van der Waals surface area contributed by atoms with Crippen molar-refractivity contribution in [1.29, 1.82) is 0 Å². The summed E-state index contributed by atoms with van der Waals surface area (Å²) in [6.45, 7) is 3.92. The molecule has 0 saturated heterocycles. The molecule has 106 valence electrons. The fraction of sp³-hybridized carbons (Fsp3) is 0. The van der Waals surface area contributed by atoms with Crippen LogP contribution in [0.4, 0.5) is 0 Å². The van der Waals surface area contributed by atoms with Crippen LogP contribution in [0.3, 0.4) is 0 Å². The molecule has 0 heteroatoms. The lowest BCUT2D eigenvalue weighted by molar-refractivity contribution is 1.54. The Morgan fingerprint density at radius 1 is 0.591 bits per heavy atom. The van der Waals surface area contributed by atoms with Gasteiger partial charge in [-0.25, -0.2) is 0 Å². The topological polar surface area (TPSA) is 0 Å². The maximum absolute atomic E-state index is 3.92. The van der Waals surface area contributed by atoms with Gasteiger partial charge in [0.1, 0.15) is 0 Å². The van der Waals surface area contributed by atoms with Crippen molar-refractivity contribution in [2.75, 3.05) is 0 Å². The Labute approximate surface area is 132 Å². The predicted octanol–water partition coefficient (Wildman–Crippen LogP) is 5.92. The number of hydrogen-bond acceptors (Lipinski definition) is 0. The fourth-order valence-corrected chi connectivity index (χ4v) is 2.55. The van der Waals surface area contributed by atoms with Crippen molar-refractivity contribution in [3.8, 4) is 0 Å². The van der Waals surface area contributed by atoms with E-state index in [4.69, 9.17) is 0 Å². The molecule has 0 saturated carbocycles. The predicted molar refractivity (Wildman–Crippen MR) is 96.4 cm³/mol. The molecule has 0 bridgehead atoms. The van der Waals surface area contributed by atoms with E-state index in [0.717, 1.165) is 5.56 Å². The van der Waals surface area contributed by atoms with E-state index in [1.165, 1.54) is 22.3 Å². The van der Waals surface area contributed by atoms with Crippen LogP contribution >= 0.6 is 0 Å².